The van der Waals surface area contributed by atoms with Gasteiger partial charge in [0.05, 0.1) is 18.2 Å². The third-order valence-corrected chi connectivity index (χ3v) is 2.92. The van der Waals surface area contributed by atoms with Gasteiger partial charge in [-0.05, 0) is 18.6 Å². The summed E-state index contributed by atoms with van der Waals surface area (Å²) in [5.74, 6) is 0.770. The van der Waals surface area contributed by atoms with Crippen LogP contribution in [0, 0.1) is 0 Å². The Morgan fingerprint density at radius 1 is 1.50 bits per heavy atom. The number of alkyl halides is 1. The molecule has 0 radical (unpaired) electrons. The van der Waals surface area contributed by atoms with E-state index in [2.05, 4.69) is 15.9 Å². The van der Waals surface area contributed by atoms with E-state index >= 15 is 0 Å². The van der Waals surface area contributed by atoms with Gasteiger partial charge in [0.15, 0.2) is 0 Å². The van der Waals surface area contributed by atoms with Crippen molar-refractivity contribution in [2.75, 3.05) is 6.61 Å². The number of aliphatic hydroxyl groups is 1. The lowest BCUT2D eigenvalue weighted by Crippen LogP contribution is -1.98. The lowest BCUT2D eigenvalue weighted by Gasteiger charge is -2.12. The summed E-state index contributed by atoms with van der Waals surface area (Å²) in [5.41, 5.74) is 1.62. The van der Waals surface area contributed by atoms with E-state index in [-0.39, 0.29) is 6.61 Å². The highest BCUT2D eigenvalue weighted by Gasteiger charge is 2.10. The summed E-state index contributed by atoms with van der Waals surface area (Å²) in [6, 6.07) is 3.61. The van der Waals surface area contributed by atoms with Crippen LogP contribution in [0.1, 0.15) is 18.1 Å². The largest absolute Gasteiger partial charge is 0.494 e. The number of ether oxygens (including phenoxy) is 1. The maximum Gasteiger partial charge on any atom is 0.124 e. The molecule has 14 heavy (non-hydrogen) atoms. The molecule has 0 saturated carbocycles. The molecule has 4 heteroatoms. The number of hydrogen-bond donors (Lipinski definition) is 1. The molecule has 0 saturated heterocycles. The van der Waals surface area contributed by atoms with Crippen LogP contribution < -0.4 is 4.74 Å². The molecule has 0 atom stereocenters. The smallest absolute Gasteiger partial charge is 0.124 e. The predicted molar refractivity (Wildman–Crippen MR) is 61.2 cm³/mol. The van der Waals surface area contributed by atoms with Crippen LogP contribution in [0.25, 0.3) is 0 Å². The van der Waals surface area contributed by atoms with Crippen molar-refractivity contribution in [2.45, 2.75) is 18.9 Å². The van der Waals surface area contributed by atoms with Crippen molar-refractivity contribution in [1.29, 1.82) is 0 Å². The van der Waals surface area contributed by atoms with Crippen molar-refractivity contribution in [2.24, 2.45) is 0 Å². The normalized spacial score (nSPS) is 10.3. The molecule has 78 valence electrons. The Labute approximate surface area is 97.0 Å². The monoisotopic (exact) mass is 278 g/mol. The highest BCUT2D eigenvalue weighted by Crippen LogP contribution is 2.31. The van der Waals surface area contributed by atoms with Gasteiger partial charge in [0.1, 0.15) is 5.75 Å². The molecule has 1 aromatic rings. The molecule has 0 aliphatic heterocycles. The first kappa shape index (κ1) is 11.8. The van der Waals surface area contributed by atoms with Crippen LogP contribution in [0.2, 0.25) is 5.02 Å². The van der Waals surface area contributed by atoms with E-state index in [0.29, 0.717) is 17.0 Å². The Hall–Kier alpha value is -0.250. The molecule has 0 aliphatic carbocycles. The van der Waals surface area contributed by atoms with E-state index in [0.717, 1.165) is 16.9 Å². The molecule has 1 rings (SSSR count). The summed E-state index contributed by atoms with van der Waals surface area (Å²) >= 11 is 9.43. The molecule has 0 aromatic heterocycles. The van der Waals surface area contributed by atoms with Gasteiger partial charge in [0, 0.05) is 10.9 Å². The average molecular weight is 280 g/mol. The van der Waals surface area contributed by atoms with Crippen LogP contribution >= 0.6 is 27.5 Å². The molecule has 0 fully saturated rings. The zero-order chi connectivity index (χ0) is 10.6. The molecule has 2 nitrogen and oxygen atoms in total. The van der Waals surface area contributed by atoms with Gasteiger partial charge in [-0.15, -0.1) is 0 Å². The van der Waals surface area contributed by atoms with Crippen LogP contribution in [-0.4, -0.2) is 11.7 Å². The first-order valence-electron chi connectivity index (χ1n) is 4.34. The highest BCUT2D eigenvalue weighted by atomic mass is 79.9. The SMILES string of the molecule is CCOc1ccc(CO)c(Cl)c1CBr. The molecule has 0 aliphatic rings. The molecule has 0 unspecified atom stereocenters. The van der Waals surface area contributed by atoms with Gasteiger partial charge < -0.3 is 9.84 Å². The van der Waals surface area contributed by atoms with Crippen LogP contribution in [0.15, 0.2) is 12.1 Å². The molecule has 0 amide bonds. The molecule has 1 N–H and O–H groups in total. The van der Waals surface area contributed by atoms with Crippen LogP contribution in [0.3, 0.4) is 0 Å². The molecule has 0 heterocycles. The van der Waals surface area contributed by atoms with Crippen LogP contribution in [0.4, 0.5) is 0 Å². The number of halogens is 2. The summed E-state index contributed by atoms with van der Waals surface area (Å²) in [5, 5.41) is 10.2. The fourth-order valence-corrected chi connectivity index (χ4v) is 2.19. The van der Waals surface area contributed by atoms with Gasteiger partial charge >= 0.3 is 0 Å². The maximum absolute atomic E-state index is 9.02. The van der Waals surface area contributed by atoms with E-state index in [1.54, 1.807) is 6.07 Å². The number of rotatable bonds is 4. The first-order chi connectivity index (χ1) is 6.74. The molecule has 1 aromatic carbocycles. The number of benzene rings is 1. The van der Waals surface area contributed by atoms with Crippen molar-refractivity contribution in [3.8, 4) is 5.75 Å². The van der Waals surface area contributed by atoms with E-state index in [1.165, 1.54) is 0 Å². The molecular weight excluding hydrogens is 267 g/mol. The predicted octanol–water partition coefficient (Wildman–Crippen LogP) is 3.13. The van der Waals surface area contributed by atoms with E-state index in [9.17, 15) is 0 Å². The second-order valence-corrected chi connectivity index (χ2v) is 3.68. The second kappa shape index (κ2) is 5.59. The minimum Gasteiger partial charge on any atom is -0.494 e. The lowest BCUT2D eigenvalue weighted by molar-refractivity contribution is 0.281. The standard InChI is InChI=1S/C10H12BrClO2/c1-2-14-9-4-3-7(6-13)10(12)8(9)5-11/h3-4,13H,2,5-6H2,1H3. The van der Waals surface area contributed by atoms with Gasteiger partial charge in [-0.25, -0.2) is 0 Å². The number of hydrogen-bond acceptors (Lipinski definition) is 2. The van der Waals surface area contributed by atoms with Crippen LogP contribution in [0.5, 0.6) is 5.75 Å². The fraction of sp³-hybridized carbons (Fsp3) is 0.400. The van der Waals surface area contributed by atoms with E-state index in [1.807, 2.05) is 13.0 Å². The second-order valence-electron chi connectivity index (χ2n) is 2.74. The minimum atomic E-state index is -0.0504. The summed E-state index contributed by atoms with van der Waals surface area (Å²) in [4.78, 5) is 0. The first-order valence-corrected chi connectivity index (χ1v) is 5.84. The molecule has 0 bridgehead atoms. The summed E-state index contributed by atoms with van der Waals surface area (Å²) in [7, 11) is 0. The Bertz CT molecular complexity index is 315. The fourth-order valence-electron chi connectivity index (χ4n) is 1.19. The minimum absolute atomic E-state index is 0.0504. The quantitative estimate of drug-likeness (QED) is 0.858. The van der Waals surface area contributed by atoms with Crippen molar-refractivity contribution < 1.29 is 9.84 Å². The zero-order valence-electron chi connectivity index (χ0n) is 7.89. The van der Waals surface area contributed by atoms with Gasteiger partial charge in [-0.3, -0.25) is 0 Å². The molecular formula is C10H12BrClO2. The van der Waals surface area contributed by atoms with E-state index < -0.39 is 0 Å². The van der Waals surface area contributed by atoms with Gasteiger partial charge in [-0.1, -0.05) is 33.6 Å². The highest BCUT2D eigenvalue weighted by molar-refractivity contribution is 9.08. The van der Waals surface area contributed by atoms with Crippen molar-refractivity contribution >= 4 is 27.5 Å². The van der Waals surface area contributed by atoms with Crippen molar-refractivity contribution in [3.63, 3.8) is 0 Å². The van der Waals surface area contributed by atoms with Gasteiger partial charge in [0.25, 0.3) is 0 Å². The topological polar surface area (TPSA) is 29.5 Å². The van der Waals surface area contributed by atoms with Crippen LogP contribution in [-0.2, 0) is 11.9 Å². The summed E-state index contributed by atoms with van der Waals surface area (Å²) in [6.07, 6.45) is 0. The maximum atomic E-state index is 9.02. The zero-order valence-corrected chi connectivity index (χ0v) is 10.2. The van der Waals surface area contributed by atoms with E-state index in [4.69, 9.17) is 21.4 Å². The Kier molecular flexibility index (Phi) is 4.72. The summed E-state index contributed by atoms with van der Waals surface area (Å²) < 4.78 is 5.41. The van der Waals surface area contributed by atoms with Crippen molar-refractivity contribution in [3.05, 3.63) is 28.3 Å². The third-order valence-electron chi connectivity index (χ3n) is 1.88. The molecule has 0 spiro atoms. The average Bonchev–Trinajstić information content (AvgIpc) is 2.19. The Balaban J connectivity index is 3.14. The Morgan fingerprint density at radius 2 is 2.21 bits per heavy atom. The third kappa shape index (κ3) is 2.41. The lowest BCUT2D eigenvalue weighted by atomic mass is 10.1. The van der Waals surface area contributed by atoms with Crippen molar-refractivity contribution in [1.82, 2.24) is 0 Å². The van der Waals surface area contributed by atoms with Gasteiger partial charge in [0.2, 0.25) is 0 Å². The summed E-state index contributed by atoms with van der Waals surface area (Å²) in [6.45, 7) is 2.48. The van der Waals surface area contributed by atoms with Gasteiger partial charge in [-0.2, -0.15) is 0 Å². The number of aliphatic hydroxyl groups excluding tert-OH is 1. The Morgan fingerprint density at radius 3 is 2.71 bits per heavy atom.